The van der Waals surface area contributed by atoms with E-state index in [-0.39, 0.29) is 0 Å². The van der Waals surface area contributed by atoms with Crippen LogP contribution in [-0.2, 0) is 14.3 Å². The Morgan fingerprint density at radius 1 is 1.09 bits per heavy atom. The summed E-state index contributed by atoms with van der Waals surface area (Å²) < 4.78 is 7.64. The Bertz CT molecular complexity index is 211. The van der Waals surface area contributed by atoms with Gasteiger partial charge >= 0.3 is 18.1 Å². The first-order valence-corrected chi connectivity index (χ1v) is 2.26. The SMILES string of the molecule is NC(=O)OC(=C=O)OC(N)=O. The zero-order valence-electron chi connectivity index (χ0n) is 5.20. The van der Waals surface area contributed by atoms with Crippen molar-refractivity contribution in [1.82, 2.24) is 0 Å². The molecule has 7 nitrogen and oxygen atoms in total. The molecule has 0 aromatic rings. The molecule has 0 saturated heterocycles. The first kappa shape index (κ1) is 8.99. The number of hydrogen-bond acceptors (Lipinski definition) is 5. The smallest absolute Gasteiger partial charge is 0.367 e. The summed E-state index contributed by atoms with van der Waals surface area (Å²) in [6, 6.07) is 0. The van der Waals surface area contributed by atoms with E-state index in [0.717, 1.165) is 5.94 Å². The van der Waals surface area contributed by atoms with Crippen LogP contribution in [-0.4, -0.2) is 18.1 Å². The van der Waals surface area contributed by atoms with E-state index in [9.17, 15) is 14.4 Å². The lowest BCUT2D eigenvalue weighted by Crippen LogP contribution is -2.19. The Morgan fingerprint density at radius 2 is 1.45 bits per heavy atom. The second-order valence-corrected chi connectivity index (χ2v) is 1.23. The summed E-state index contributed by atoms with van der Waals surface area (Å²) in [6.45, 7) is 0. The Hall–Kier alpha value is -2.01. The van der Waals surface area contributed by atoms with E-state index in [2.05, 4.69) is 20.9 Å². The molecule has 60 valence electrons. The first-order chi connectivity index (χ1) is 5.06. The molecule has 0 rings (SSSR count). The van der Waals surface area contributed by atoms with Crippen molar-refractivity contribution < 1.29 is 23.9 Å². The summed E-state index contributed by atoms with van der Waals surface area (Å²) in [5, 5.41) is 0. The van der Waals surface area contributed by atoms with Crippen LogP contribution in [0.25, 0.3) is 0 Å². The number of carbonyl (C=O) groups excluding carboxylic acids is 3. The fourth-order valence-electron chi connectivity index (χ4n) is 0.245. The molecule has 0 aliphatic carbocycles. The maximum absolute atomic E-state index is 9.92. The molecule has 0 aliphatic rings. The van der Waals surface area contributed by atoms with E-state index in [4.69, 9.17) is 0 Å². The van der Waals surface area contributed by atoms with E-state index >= 15 is 0 Å². The molecule has 0 aromatic carbocycles. The van der Waals surface area contributed by atoms with Crippen LogP contribution in [0.15, 0.2) is 5.95 Å². The van der Waals surface area contributed by atoms with E-state index in [1.54, 1.807) is 0 Å². The van der Waals surface area contributed by atoms with Crippen LogP contribution in [0.4, 0.5) is 9.59 Å². The molecule has 0 bridgehead atoms. The number of primary amides is 2. The van der Waals surface area contributed by atoms with Gasteiger partial charge in [0.2, 0.25) is 5.94 Å². The average molecular weight is 160 g/mol. The number of hydrogen-bond donors (Lipinski definition) is 2. The highest BCUT2D eigenvalue weighted by Crippen LogP contribution is 1.92. The summed E-state index contributed by atoms with van der Waals surface area (Å²) in [7, 11) is 0. The van der Waals surface area contributed by atoms with E-state index < -0.39 is 18.1 Å². The molecule has 0 unspecified atom stereocenters. The Balaban J connectivity index is 4.10. The van der Waals surface area contributed by atoms with Gasteiger partial charge in [-0.2, -0.15) is 0 Å². The fourth-order valence-corrected chi connectivity index (χ4v) is 0.245. The Kier molecular flexibility index (Phi) is 3.20. The van der Waals surface area contributed by atoms with Crippen molar-refractivity contribution in [1.29, 1.82) is 0 Å². The van der Waals surface area contributed by atoms with Gasteiger partial charge in [0.05, 0.1) is 0 Å². The summed E-state index contributed by atoms with van der Waals surface area (Å²) in [5.74, 6) is -0.0240. The summed E-state index contributed by atoms with van der Waals surface area (Å²) in [4.78, 5) is 29.6. The molecule has 11 heavy (non-hydrogen) atoms. The quantitative estimate of drug-likeness (QED) is 0.390. The van der Waals surface area contributed by atoms with Crippen LogP contribution in [0.2, 0.25) is 0 Å². The highest BCUT2D eigenvalue weighted by atomic mass is 16.7. The summed E-state index contributed by atoms with van der Waals surface area (Å²) >= 11 is 0. The molecule has 2 amide bonds. The maximum Gasteiger partial charge on any atom is 0.412 e. The molecule has 0 heterocycles. The number of ether oxygens (including phenoxy) is 2. The third kappa shape index (κ3) is 4.49. The van der Waals surface area contributed by atoms with Gasteiger partial charge in [-0.05, 0) is 0 Å². The fraction of sp³-hybridized carbons (Fsp3) is 0. The minimum Gasteiger partial charge on any atom is -0.367 e. The minimum absolute atomic E-state index is 0.985. The number of carbonyl (C=O) groups is 2. The molecule has 4 N–H and O–H groups in total. The molecule has 0 saturated carbocycles. The summed E-state index contributed by atoms with van der Waals surface area (Å²) in [6.07, 6.45) is -2.60. The lowest BCUT2D eigenvalue weighted by Gasteiger charge is -1.98. The molecular formula is C4H4N2O5. The highest BCUT2D eigenvalue weighted by Gasteiger charge is 2.07. The molecule has 7 heteroatoms. The molecule has 0 radical (unpaired) electrons. The molecule has 0 spiro atoms. The van der Waals surface area contributed by atoms with Gasteiger partial charge in [-0.3, -0.25) is 0 Å². The van der Waals surface area contributed by atoms with Gasteiger partial charge in [0, 0.05) is 0 Å². The normalized spacial score (nSPS) is 7.64. The largest absolute Gasteiger partial charge is 0.412 e. The van der Waals surface area contributed by atoms with Crippen molar-refractivity contribution in [2.24, 2.45) is 11.5 Å². The third-order valence-electron chi connectivity index (χ3n) is 0.470. The minimum atomic E-state index is -1.30. The van der Waals surface area contributed by atoms with E-state index in [1.807, 2.05) is 0 Å². The van der Waals surface area contributed by atoms with Gasteiger partial charge in [-0.1, -0.05) is 0 Å². The van der Waals surface area contributed by atoms with Gasteiger partial charge in [0.1, 0.15) is 0 Å². The lowest BCUT2D eigenvalue weighted by atomic mass is 10.9. The van der Waals surface area contributed by atoms with E-state index in [0.29, 0.717) is 0 Å². The molecule has 0 aromatic heterocycles. The molecular weight excluding hydrogens is 156 g/mol. The first-order valence-electron chi connectivity index (χ1n) is 2.26. The Morgan fingerprint density at radius 3 is 1.64 bits per heavy atom. The second kappa shape index (κ2) is 3.91. The van der Waals surface area contributed by atoms with Gasteiger partial charge < -0.3 is 20.9 Å². The topological polar surface area (TPSA) is 122 Å². The van der Waals surface area contributed by atoms with Gasteiger partial charge in [-0.25, -0.2) is 14.4 Å². The monoisotopic (exact) mass is 160 g/mol. The van der Waals surface area contributed by atoms with Crippen molar-refractivity contribution in [3.63, 3.8) is 0 Å². The van der Waals surface area contributed by atoms with Gasteiger partial charge in [-0.15, -0.1) is 0 Å². The van der Waals surface area contributed by atoms with E-state index in [1.165, 1.54) is 0 Å². The molecule has 0 aliphatic heterocycles. The molecule has 0 fully saturated rings. The standard InChI is InChI=1S/C4H4N2O5/c5-3(8)10-2(1-7)11-4(6)9/h(H2,5,8)(H2,6,9). The highest BCUT2D eigenvalue weighted by molar-refractivity contribution is 5.71. The Labute approximate surface area is 60.5 Å². The zero-order chi connectivity index (χ0) is 8.85. The maximum atomic E-state index is 9.92. The second-order valence-electron chi connectivity index (χ2n) is 1.23. The number of nitrogens with two attached hydrogens (primary N) is 2. The van der Waals surface area contributed by atoms with Crippen LogP contribution in [0.3, 0.4) is 0 Å². The van der Waals surface area contributed by atoms with Crippen LogP contribution in [0, 0.1) is 0 Å². The van der Waals surface area contributed by atoms with Crippen LogP contribution in [0.1, 0.15) is 0 Å². The van der Waals surface area contributed by atoms with Crippen LogP contribution < -0.4 is 11.5 Å². The van der Waals surface area contributed by atoms with Crippen LogP contribution in [0.5, 0.6) is 0 Å². The summed E-state index contributed by atoms with van der Waals surface area (Å²) in [5.41, 5.74) is 8.90. The zero-order valence-corrected chi connectivity index (χ0v) is 5.20. The van der Waals surface area contributed by atoms with Gasteiger partial charge in [0.25, 0.3) is 0 Å². The number of amides is 2. The lowest BCUT2D eigenvalue weighted by molar-refractivity contribution is 0.106. The predicted octanol–water partition coefficient (Wildman–Crippen LogP) is -1.15. The van der Waals surface area contributed by atoms with Crippen molar-refractivity contribution in [3.05, 3.63) is 5.95 Å². The number of rotatable bonds is 2. The molecule has 0 atom stereocenters. The van der Waals surface area contributed by atoms with Crippen molar-refractivity contribution in [3.8, 4) is 0 Å². The third-order valence-corrected chi connectivity index (χ3v) is 0.470. The average Bonchev–Trinajstić information content (AvgIpc) is 1.84. The van der Waals surface area contributed by atoms with Crippen molar-refractivity contribution >= 4 is 18.1 Å². The predicted molar refractivity (Wildman–Crippen MR) is 30.5 cm³/mol. The van der Waals surface area contributed by atoms with Crippen molar-refractivity contribution in [2.75, 3.05) is 0 Å². The van der Waals surface area contributed by atoms with Gasteiger partial charge in [0.15, 0.2) is 0 Å². The van der Waals surface area contributed by atoms with Crippen LogP contribution >= 0.6 is 0 Å². The van der Waals surface area contributed by atoms with Crippen molar-refractivity contribution in [2.45, 2.75) is 0 Å².